The predicted octanol–water partition coefficient (Wildman–Crippen LogP) is 15.4. The van der Waals surface area contributed by atoms with Crippen LogP contribution in [0.5, 0.6) is 0 Å². The fraction of sp³-hybridized carbons (Fsp3) is 0.0545. The number of nitrogens with zero attached hydrogens (tertiary/aromatic N) is 1. The van der Waals surface area contributed by atoms with Crippen molar-refractivity contribution < 1.29 is 0 Å². The van der Waals surface area contributed by atoms with Gasteiger partial charge in [0.15, 0.2) is 0 Å². The largest absolute Gasteiger partial charge is 0.309 e. The van der Waals surface area contributed by atoms with Crippen molar-refractivity contribution in [2.75, 3.05) is 4.90 Å². The Morgan fingerprint density at radius 2 is 0.875 bits per heavy atom. The number of para-hydroxylation sites is 1. The van der Waals surface area contributed by atoms with Gasteiger partial charge in [-0.25, -0.2) is 0 Å². The third kappa shape index (κ3) is 4.94. The summed E-state index contributed by atoms with van der Waals surface area (Å²) in [5.74, 6) is 0. The molecule has 0 aromatic heterocycles. The van der Waals surface area contributed by atoms with E-state index in [1.807, 2.05) is 0 Å². The van der Waals surface area contributed by atoms with Crippen molar-refractivity contribution in [1.82, 2.24) is 0 Å². The van der Waals surface area contributed by atoms with E-state index in [1.165, 1.54) is 93.3 Å². The van der Waals surface area contributed by atoms with Crippen LogP contribution < -0.4 is 4.90 Å². The van der Waals surface area contributed by atoms with E-state index in [2.05, 4.69) is 219 Å². The lowest BCUT2D eigenvalue weighted by molar-refractivity contribution is 0.660. The molecule has 0 unspecified atom stereocenters. The van der Waals surface area contributed by atoms with E-state index >= 15 is 0 Å². The highest BCUT2D eigenvalue weighted by atomic mass is 15.1. The molecule has 56 heavy (non-hydrogen) atoms. The van der Waals surface area contributed by atoms with Gasteiger partial charge in [-0.1, -0.05) is 184 Å². The van der Waals surface area contributed by atoms with Crippen LogP contribution in [0.25, 0.3) is 76.5 Å². The number of benzene rings is 10. The topological polar surface area (TPSA) is 3.24 Å². The SMILES string of the molecule is CC1(C)c2ccccc2-c2c(N(c3ccc(-c4ccc5ccc6c7ccccc7ccc6c5c4)cc3)c3ccccc3-c3cccc4ccccc34)cccc21. The average molecular weight is 714 g/mol. The molecule has 0 bridgehead atoms. The summed E-state index contributed by atoms with van der Waals surface area (Å²) in [5.41, 5.74) is 13.5. The molecule has 1 heteroatoms. The van der Waals surface area contributed by atoms with E-state index in [0.29, 0.717) is 0 Å². The second-order valence-corrected chi connectivity index (χ2v) is 15.7. The van der Waals surface area contributed by atoms with Crippen LogP contribution in [0.2, 0.25) is 0 Å². The fourth-order valence-corrected chi connectivity index (χ4v) is 9.49. The second kappa shape index (κ2) is 12.5. The van der Waals surface area contributed by atoms with Crippen LogP contribution in [0, 0.1) is 0 Å². The van der Waals surface area contributed by atoms with E-state index in [4.69, 9.17) is 0 Å². The van der Waals surface area contributed by atoms with Gasteiger partial charge in [0.1, 0.15) is 0 Å². The van der Waals surface area contributed by atoms with Crippen LogP contribution in [0.4, 0.5) is 17.1 Å². The maximum absolute atomic E-state index is 2.50. The smallest absolute Gasteiger partial charge is 0.0543 e. The molecule has 1 aliphatic rings. The quantitative estimate of drug-likeness (QED) is 0.161. The summed E-state index contributed by atoms with van der Waals surface area (Å²) in [7, 11) is 0. The van der Waals surface area contributed by atoms with Crippen molar-refractivity contribution in [2.24, 2.45) is 0 Å². The van der Waals surface area contributed by atoms with Crippen molar-refractivity contribution in [3.63, 3.8) is 0 Å². The van der Waals surface area contributed by atoms with Crippen molar-refractivity contribution in [3.05, 3.63) is 211 Å². The second-order valence-electron chi connectivity index (χ2n) is 15.7. The molecule has 0 saturated heterocycles. The Morgan fingerprint density at radius 3 is 1.70 bits per heavy atom. The molecule has 0 spiro atoms. The monoisotopic (exact) mass is 713 g/mol. The highest BCUT2D eigenvalue weighted by molar-refractivity contribution is 6.17. The molecule has 0 aliphatic heterocycles. The summed E-state index contributed by atoms with van der Waals surface area (Å²) < 4.78 is 0. The average Bonchev–Trinajstić information content (AvgIpc) is 3.50. The van der Waals surface area contributed by atoms with E-state index in [1.54, 1.807) is 0 Å². The van der Waals surface area contributed by atoms with Gasteiger partial charge in [-0.3, -0.25) is 0 Å². The molecular formula is C55H39N. The van der Waals surface area contributed by atoms with Gasteiger partial charge < -0.3 is 4.90 Å². The summed E-state index contributed by atoms with van der Waals surface area (Å²) in [4.78, 5) is 2.50. The fourth-order valence-electron chi connectivity index (χ4n) is 9.49. The highest BCUT2D eigenvalue weighted by Gasteiger charge is 2.38. The molecule has 0 N–H and O–H groups in total. The Bertz CT molecular complexity index is 3160. The summed E-state index contributed by atoms with van der Waals surface area (Å²) in [6.07, 6.45) is 0. The lowest BCUT2D eigenvalue weighted by Gasteiger charge is -2.31. The minimum absolute atomic E-state index is 0.112. The first-order valence-corrected chi connectivity index (χ1v) is 19.6. The minimum atomic E-state index is -0.112. The van der Waals surface area contributed by atoms with Gasteiger partial charge in [0, 0.05) is 22.2 Å². The van der Waals surface area contributed by atoms with E-state index in [-0.39, 0.29) is 5.41 Å². The molecule has 1 nitrogen and oxygen atoms in total. The zero-order valence-corrected chi connectivity index (χ0v) is 31.5. The Labute approximate surface area is 327 Å². The van der Waals surface area contributed by atoms with E-state index in [9.17, 15) is 0 Å². The van der Waals surface area contributed by atoms with Crippen LogP contribution >= 0.6 is 0 Å². The Kier molecular flexibility index (Phi) is 7.28. The molecule has 0 saturated carbocycles. The molecular weight excluding hydrogens is 675 g/mol. The van der Waals surface area contributed by atoms with Gasteiger partial charge in [0.25, 0.3) is 0 Å². The Hall–Kier alpha value is -6.96. The number of hydrogen-bond donors (Lipinski definition) is 0. The van der Waals surface area contributed by atoms with E-state index in [0.717, 1.165) is 11.4 Å². The number of hydrogen-bond acceptors (Lipinski definition) is 1. The van der Waals surface area contributed by atoms with Gasteiger partial charge in [-0.05, 0) is 107 Å². The molecule has 264 valence electrons. The molecule has 11 rings (SSSR count). The molecule has 0 atom stereocenters. The van der Waals surface area contributed by atoms with Gasteiger partial charge >= 0.3 is 0 Å². The lowest BCUT2D eigenvalue weighted by atomic mass is 9.82. The number of fused-ring (bicyclic) bond motifs is 9. The third-order valence-electron chi connectivity index (χ3n) is 12.3. The number of rotatable bonds is 5. The van der Waals surface area contributed by atoms with Gasteiger partial charge in [-0.2, -0.15) is 0 Å². The minimum Gasteiger partial charge on any atom is -0.309 e. The van der Waals surface area contributed by atoms with Crippen LogP contribution in [0.15, 0.2) is 200 Å². The summed E-state index contributed by atoms with van der Waals surface area (Å²) >= 11 is 0. The Balaban J connectivity index is 1.10. The van der Waals surface area contributed by atoms with E-state index < -0.39 is 0 Å². The van der Waals surface area contributed by atoms with Gasteiger partial charge in [0.05, 0.1) is 11.4 Å². The van der Waals surface area contributed by atoms with Crippen molar-refractivity contribution in [1.29, 1.82) is 0 Å². The van der Waals surface area contributed by atoms with Gasteiger partial charge in [0.2, 0.25) is 0 Å². The normalized spacial score (nSPS) is 13.0. The van der Waals surface area contributed by atoms with Crippen LogP contribution in [-0.4, -0.2) is 0 Å². The zero-order valence-electron chi connectivity index (χ0n) is 31.5. The molecule has 1 aliphatic carbocycles. The molecule has 0 radical (unpaired) electrons. The first-order chi connectivity index (χ1) is 27.5. The molecule has 10 aromatic rings. The first kappa shape index (κ1) is 32.5. The third-order valence-corrected chi connectivity index (χ3v) is 12.3. The van der Waals surface area contributed by atoms with Crippen molar-refractivity contribution >= 4 is 60.2 Å². The molecule has 0 fully saturated rings. The summed E-state index contributed by atoms with van der Waals surface area (Å²) in [6.45, 7) is 4.72. The highest BCUT2D eigenvalue weighted by Crippen LogP contribution is 2.55. The summed E-state index contributed by atoms with van der Waals surface area (Å²) in [6, 6.07) is 74.0. The molecule has 0 heterocycles. The predicted molar refractivity (Wildman–Crippen MR) is 240 cm³/mol. The van der Waals surface area contributed by atoms with Crippen LogP contribution in [-0.2, 0) is 5.41 Å². The lowest BCUT2D eigenvalue weighted by Crippen LogP contribution is -2.16. The molecule has 10 aromatic carbocycles. The van der Waals surface area contributed by atoms with Crippen molar-refractivity contribution in [2.45, 2.75) is 19.3 Å². The van der Waals surface area contributed by atoms with Crippen LogP contribution in [0.1, 0.15) is 25.0 Å². The van der Waals surface area contributed by atoms with Crippen molar-refractivity contribution in [3.8, 4) is 33.4 Å². The Morgan fingerprint density at radius 1 is 0.339 bits per heavy atom. The number of anilines is 3. The first-order valence-electron chi connectivity index (χ1n) is 19.6. The zero-order chi connectivity index (χ0) is 37.4. The van der Waals surface area contributed by atoms with Crippen LogP contribution in [0.3, 0.4) is 0 Å². The van der Waals surface area contributed by atoms with Gasteiger partial charge in [-0.15, -0.1) is 0 Å². The maximum Gasteiger partial charge on any atom is 0.0543 e. The molecule has 0 amide bonds. The maximum atomic E-state index is 2.50. The standard InChI is InChI=1S/C55H39N/c1-55(2)50-21-9-7-19-48(50)54-51(55)22-12-24-53(54)56(52-23-10-8-18-47(52)44-20-11-15-37-13-3-5-16-42(37)44)41-31-27-36(28-32-41)40-26-25-39-30-33-45-43-17-6-4-14-38(43)29-34-46(45)49(39)35-40/h3-35H,1-2H3. The summed E-state index contributed by atoms with van der Waals surface area (Å²) in [5, 5.41) is 10.2.